The Bertz CT molecular complexity index is 659. The van der Waals surface area contributed by atoms with Crippen LogP contribution in [0.3, 0.4) is 0 Å². The van der Waals surface area contributed by atoms with Gasteiger partial charge in [-0.3, -0.25) is 0 Å². The van der Waals surface area contributed by atoms with Crippen LogP contribution >= 0.6 is 27.5 Å². The second kappa shape index (κ2) is 6.39. The van der Waals surface area contributed by atoms with E-state index in [-0.39, 0.29) is 6.04 Å². The van der Waals surface area contributed by atoms with Gasteiger partial charge < -0.3 is 10.1 Å². The molecule has 0 saturated heterocycles. The van der Waals surface area contributed by atoms with Gasteiger partial charge in [-0.25, -0.2) is 0 Å². The number of ether oxygens (including phenoxy) is 1. The number of fused-ring (bicyclic) bond motifs is 1. The topological polar surface area (TPSA) is 21.3 Å². The maximum Gasteiger partial charge on any atom is 0.127 e. The summed E-state index contributed by atoms with van der Waals surface area (Å²) in [5.74, 6) is 1.03. The molecule has 2 nitrogen and oxygen atoms in total. The lowest BCUT2D eigenvalue weighted by molar-refractivity contribution is 0.349. The molecule has 4 heteroatoms. The van der Waals surface area contributed by atoms with Crippen molar-refractivity contribution < 1.29 is 4.74 Å². The highest BCUT2D eigenvalue weighted by molar-refractivity contribution is 9.10. The molecule has 0 aliphatic carbocycles. The third-order valence-corrected chi connectivity index (χ3v) is 4.71. The molecule has 1 N–H and O–H groups in total. The summed E-state index contributed by atoms with van der Waals surface area (Å²) in [5.41, 5.74) is 3.61. The van der Waals surface area contributed by atoms with Gasteiger partial charge in [-0.15, -0.1) is 0 Å². The van der Waals surface area contributed by atoms with Gasteiger partial charge >= 0.3 is 0 Å². The first-order valence-corrected chi connectivity index (χ1v) is 8.22. The van der Waals surface area contributed by atoms with Crippen LogP contribution in [0.25, 0.3) is 0 Å². The maximum absolute atomic E-state index is 6.29. The van der Waals surface area contributed by atoms with E-state index in [1.54, 1.807) is 0 Å². The van der Waals surface area contributed by atoms with Crippen LogP contribution < -0.4 is 10.1 Å². The Labute approximate surface area is 138 Å². The molecule has 3 rings (SSSR count). The van der Waals surface area contributed by atoms with Crippen LogP contribution in [0, 0.1) is 0 Å². The number of likely N-dealkylation sites (N-methyl/N-ethyl adjacent to an activating group) is 1. The average molecular weight is 367 g/mol. The number of halogens is 2. The Morgan fingerprint density at radius 1 is 1.33 bits per heavy atom. The zero-order valence-corrected chi connectivity index (χ0v) is 14.2. The van der Waals surface area contributed by atoms with Crippen LogP contribution in [-0.2, 0) is 12.8 Å². The predicted octanol–water partition coefficient (Wildman–Crippen LogP) is 4.54. The minimum absolute atomic E-state index is 0.175. The molecule has 0 spiro atoms. The monoisotopic (exact) mass is 365 g/mol. The maximum atomic E-state index is 6.29. The van der Waals surface area contributed by atoms with E-state index in [4.69, 9.17) is 16.3 Å². The summed E-state index contributed by atoms with van der Waals surface area (Å²) in [6, 6.07) is 12.5. The molecule has 21 heavy (non-hydrogen) atoms. The van der Waals surface area contributed by atoms with Crippen LogP contribution in [0.2, 0.25) is 5.02 Å². The van der Waals surface area contributed by atoms with Crippen LogP contribution in [-0.4, -0.2) is 13.7 Å². The Morgan fingerprint density at radius 2 is 2.14 bits per heavy atom. The summed E-state index contributed by atoms with van der Waals surface area (Å²) in [4.78, 5) is 0. The molecule has 0 fully saturated rings. The number of nitrogens with one attached hydrogen (secondary N) is 1. The lowest BCUT2D eigenvalue weighted by Gasteiger charge is -2.20. The Balaban J connectivity index is 1.96. The molecule has 0 amide bonds. The fourth-order valence-corrected chi connectivity index (χ4v) is 3.54. The molecule has 1 aliphatic rings. The first kappa shape index (κ1) is 14.9. The number of hydrogen-bond acceptors (Lipinski definition) is 2. The van der Waals surface area contributed by atoms with Crippen molar-refractivity contribution >= 4 is 27.5 Å². The standard InChI is InChI=1S/C17H17BrClNO/c1-20-16(9-11-4-2-3-5-15(11)19)14-10-13(18)8-12-6-7-21-17(12)14/h2-5,8,10,16,20H,6-7,9H2,1H3. The van der Waals surface area contributed by atoms with Gasteiger partial charge in [0.15, 0.2) is 0 Å². The van der Waals surface area contributed by atoms with E-state index in [0.29, 0.717) is 0 Å². The smallest absolute Gasteiger partial charge is 0.127 e. The van der Waals surface area contributed by atoms with Crippen molar-refractivity contribution in [3.05, 3.63) is 62.6 Å². The second-order valence-electron chi connectivity index (χ2n) is 5.22. The van der Waals surface area contributed by atoms with E-state index in [1.165, 1.54) is 11.1 Å². The van der Waals surface area contributed by atoms with E-state index in [2.05, 4.69) is 39.4 Å². The summed E-state index contributed by atoms with van der Waals surface area (Å²) in [6.45, 7) is 0.765. The number of benzene rings is 2. The molecule has 1 heterocycles. The van der Waals surface area contributed by atoms with Crippen LogP contribution in [0.15, 0.2) is 40.9 Å². The van der Waals surface area contributed by atoms with E-state index < -0.39 is 0 Å². The second-order valence-corrected chi connectivity index (χ2v) is 6.54. The first-order chi connectivity index (χ1) is 10.2. The van der Waals surface area contributed by atoms with Gasteiger partial charge in [-0.1, -0.05) is 45.7 Å². The number of hydrogen-bond donors (Lipinski definition) is 1. The highest BCUT2D eigenvalue weighted by atomic mass is 79.9. The Kier molecular flexibility index (Phi) is 4.53. The molecule has 2 aromatic rings. The zero-order valence-electron chi connectivity index (χ0n) is 11.8. The highest BCUT2D eigenvalue weighted by Gasteiger charge is 2.23. The third-order valence-electron chi connectivity index (χ3n) is 3.88. The van der Waals surface area contributed by atoms with E-state index in [0.717, 1.165) is 40.3 Å². The first-order valence-electron chi connectivity index (χ1n) is 7.05. The molecular weight excluding hydrogens is 350 g/mol. The van der Waals surface area contributed by atoms with Crippen molar-refractivity contribution in [2.45, 2.75) is 18.9 Å². The Hall–Kier alpha value is -1.03. The number of rotatable bonds is 4. The van der Waals surface area contributed by atoms with E-state index in [1.807, 2.05) is 25.2 Å². The molecular formula is C17H17BrClNO. The van der Waals surface area contributed by atoms with Gasteiger partial charge in [0, 0.05) is 27.5 Å². The van der Waals surface area contributed by atoms with Crippen molar-refractivity contribution in [1.82, 2.24) is 5.32 Å². The molecule has 0 radical (unpaired) electrons. The van der Waals surface area contributed by atoms with Gasteiger partial charge in [0.2, 0.25) is 0 Å². The molecule has 0 saturated carbocycles. The van der Waals surface area contributed by atoms with Gasteiger partial charge in [0.05, 0.1) is 6.61 Å². The third kappa shape index (κ3) is 3.10. The molecule has 1 unspecified atom stereocenters. The molecule has 0 aromatic heterocycles. The van der Waals surface area contributed by atoms with Gasteiger partial charge in [0.25, 0.3) is 0 Å². The molecule has 1 atom stereocenters. The van der Waals surface area contributed by atoms with E-state index in [9.17, 15) is 0 Å². The van der Waals surface area contributed by atoms with Crippen LogP contribution in [0.4, 0.5) is 0 Å². The lowest BCUT2D eigenvalue weighted by atomic mass is 9.96. The summed E-state index contributed by atoms with van der Waals surface area (Å²) in [6.07, 6.45) is 1.81. The fourth-order valence-electron chi connectivity index (χ4n) is 2.81. The average Bonchev–Trinajstić information content (AvgIpc) is 2.94. The highest BCUT2D eigenvalue weighted by Crippen LogP contribution is 2.37. The molecule has 1 aliphatic heterocycles. The van der Waals surface area contributed by atoms with Crippen LogP contribution in [0.1, 0.15) is 22.7 Å². The van der Waals surface area contributed by atoms with Crippen molar-refractivity contribution in [3.63, 3.8) is 0 Å². The van der Waals surface area contributed by atoms with Crippen molar-refractivity contribution in [1.29, 1.82) is 0 Å². The Morgan fingerprint density at radius 3 is 2.90 bits per heavy atom. The zero-order chi connectivity index (χ0) is 14.8. The molecule has 110 valence electrons. The van der Waals surface area contributed by atoms with Gasteiger partial charge in [-0.2, -0.15) is 0 Å². The minimum atomic E-state index is 0.175. The van der Waals surface area contributed by atoms with Gasteiger partial charge in [-0.05, 0) is 42.8 Å². The normalized spacial score (nSPS) is 14.6. The van der Waals surface area contributed by atoms with Gasteiger partial charge in [0.1, 0.15) is 5.75 Å². The summed E-state index contributed by atoms with van der Waals surface area (Å²) < 4.78 is 6.94. The van der Waals surface area contributed by atoms with Crippen molar-refractivity contribution in [3.8, 4) is 5.75 Å². The minimum Gasteiger partial charge on any atom is -0.493 e. The molecule has 0 bridgehead atoms. The quantitative estimate of drug-likeness (QED) is 0.857. The van der Waals surface area contributed by atoms with Crippen molar-refractivity contribution in [2.24, 2.45) is 0 Å². The van der Waals surface area contributed by atoms with Crippen molar-refractivity contribution in [2.75, 3.05) is 13.7 Å². The molecule has 2 aromatic carbocycles. The fraction of sp³-hybridized carbons (Fsp3) is 0.294. The largest absolute Gasteiger partial charge is 0.493 e. The lowest BCUT2D eigenvalue weighted by Crippen LogP contribution is -2.19. The van der Waals surface area contributed by atoms with Crippen LogP contribution in [0.5, 0.6) is 5.75 Å². The summed E-state index contributed by atoms with van der Waals surface area (Å²) in [5, 5.41) is 4.20. The van der Waals surface area contributed by atoms with E-state index >= 15 is 0 Å². The predicted molar refractivity (Wildman–Crippen MR) is 90.3 cm³/mol. The SMILES string of the molecule is CNC(Cc1ccccc1Cl)c1cc(Br)cc2c1OCC2. The summed E-state index contributed by atoms with van der Waals surface area (Å²) in [7, 11) is 1.98. The summed E-state index contributed by atoms with van der Waals surface area (Å²) >= 11 is 9.90.